The lowest BCUT2D eigenvalue weighted by atomic mass is 9.86. The summed E-state index contributed by atoms with van der Waals surface area (Å²) in [7, 11) is 1.15. The van der Waals surface area contributed by atoms with Gasteiger partial charge < -0.3 is 14.8 Å². The minimum atomic E-state index is -0.748. The maximum atomic E-state index is 12.1. The summed E-state index contributed by atoms with van der Waals surface area (Å²) in [5, 5.41) is 2.71. The van der Waals surface area contributed by atoms with Crippen LogP contribution in [0.5, 0.6) is 0 Å². The Morgan fingerprint density at radius 1 is 1.27 bits per heavy atom. The Labute approximate surface area is 131 Å². The maximum absolute atomic E-state index is 12.1. The molecular weight excluding hydrogens is 281 g/mol. The second kappa shape index (κ2) is 9.15. The zero-order valence-electron chi connectivity index (χ0n) is 13.1. The predicted molar refractivity (Wildman–Crippen MR) is 85.1 cm³/mol. The predicted octanol–water partition coefficient (Wildman–Crippen LogP) is 1.47. The molecule has 117 valence electrons. The average molecular weight is 302 g/mol. The largest absolute Gasteiger partial charge is 0.462 e. The van der Waals surface area contributed by atoms with Gasteiger partial charge in [-0.05, 0) is 32.8 Å². The van der Waals surface area contributed by atoms with Crippen LogP contribution in [-0.2, 0) is 19.1 Å². The van der Waals surface area contributed by atoms with Crippen molar-refractivity contribution in [2.24, 2.45) is 0 Å². The number of hydrogen-bond acceptors (Lipinski definition) is 5. The van der Waals surface area contributed by atoms with Crippen molar-refractivity contribution in [2.45, 2.75) is 45.3 Å². The second-order valence-electron chi connectivity index (χ2n) is 5.32. The van der Waals surface area contributed by atoms with E-state index in [2.05, 4.69) is 5.23 Å². The van der Waals surface area contributed by atoms with Crippen LogP contribution in [0.4, 0.5) is 0 Å². The summed E-state index contributed by atoms with van der Waals surface area (Å²) in [6, 6.07) is 8.50. The number of carbonyl (C=O) groups excluding carboxylic acids is 3. The molecule has 0 aromatic heterocycles. The van der Waals surface area contributed by atoms with E-state index < -0.39 is 17.9 Å². The molecule has 1 aromatic carbocycles. The smallest absolute Gasteiger partial charge is 0.322 e. The number of esters is 1. The molecule has 0 saturated carbocycles. The lowest BCUT2D eigenvalue weighted by Crippen LogP contribution is -2.43. The van der Waals surface area contributed by atoms with E-state index in [1.807, 2.05) is 30.3 Å². The highest BCUT2D eigenvalue weighted by molar-refractivity contribution is 6.64. The Morgan fingerprint density at radius 2 is 1.91 bits per heavy atom. The van der Waals surface area contributed by atoms with Gasteiger partial charge >= 0.3 is 5.97 Å². The van der Waals surface area contributed by atoms with E-state index in [4.69, 9.17) is 4.74 Å². The summed E-state index contributed by atoms with van der Waals surface area (Å²) in [5.74, 6) is -0.949. The van der Waals surface area contributed by atoms with E-state index in [-0.39, 0.29) is 18.3 Å². The third kappa shape index (κ3) is 5.81. The molecule has 1 N–H and O–H groups in total. The Morgan fingerprint density at radius 3 is 2.41 bits per heavy atom. The highest BCUT2D eigenvalue weighted by atomic mass is 16.5. The first-order valence-corrected chi connectivity index (χ1v) is 7.24. The van der Waals surface area contributed by atoms with E-state index in [1.54, 1.807) is 13.8 Å². The van der Waals surface area contributed by atoms with Crippen molar-refractivity contribution >= 4 is 25.4 Å². The van der Waals surface area contributed by atoms with Gasteiger partial charge in [0.25, 0.3) is 7.41 Å². The summed E-state index contributed by atoms with van der Waals surface area (Å²) >= 11 is 0. The van der Waals surface area contributed by atoms with Crippen LogP contribution in [0.15, 0.2) is 30.3 Å². The molecule has 0 unspecified atom stereocenters. The summed E-state index contributed by atoms with van der Waals surface area (Å²) < 4.78 is 5.18. The number of rotatable bonds is 9. The Bertz CT molecular complexity index is 504. The van der Waals surface area contributed by atoms with Crippen LogP contribution in [0.25, 0.3) is 0 Å². The fraction of sp³-hybridized carbons (Fsp3) is 0.438. The van der Waals surface area contributed by atoms with Crippen LogP contribution in [-0.4, -0.2) is 37.5 Å². The van der Waals surface area contributed by atoms with E-state index in [0.29, 0.717) is 6.19 Å². The number of Topliss-reactive ketones (excluding diaryl/α,β-unsaturated/α-hetero) is 1. The average Bonchev–Trinajstić information content (AvgIpc) is 2.47. The molecule has 0 spiro atoms. The molecule has 0 fully saturated rings. The van der Waals surface area contributed by atoms with Crippen LogP contribution in [0, 0.1) is 0 Å². The molecule has 0 aliphatic rings. The first-order chi connectivity index (χ1) is 10.5. The minimum absolute atomic E-state index is 0.0403. The second-order valence-corrected chi connectivity index (χ2v) is 5.32. The van der Waals surface area contributed by atoms with Crippen LogP contribution in [0.2, 0.25) is 0 Å². The first kappa shape index (κ1) is 18.1. The summed E-state index contributed by atoms with van der Waals surface area (Å²) in [5.41, 5.74) is 0.838. The molecule has 0 saturated heterocycles. The van der Waals surface area contributed by atoms with Gasteiger partial charge in [0.05, 0.1) is 18.3 Å². The molecule has 0 heterocycles. The van der Waals surface area contributed by atoms with Crippen molar-refractivity contribution in [3.05, 3.63) is 35.9 Å². The Balaban J connectivity index is 2.90. The molecule has 1 radical (unpaired) electrons. The molecule has 0 amide bonds. The quantitative estimate of drug-likeness (QED) is 0.425. The van der Waals surface area contributed by atoms with Crippen molar-refractivity contribution in [1.29, 1.82) is 0 Å². The maximum Gasteiger partial charge on any atom is 0.322 e. The zero-order chi connectivity index (χ0) is 16.5. The Kier molecular flexibility index (Phi) is 7.53. The number of nitrogens with one attached hydrogen (secondary N) is 1. The molecule has 1 aromatic rings. The molecule has 1 rings (SSSR count). The monoisotopic (exact) mass is 302 g/mol. The molecule has 2 atom stereocenters. The van der Waals surface area contributed by atoms with Crippen molar-refractivity contribution in [2.75, 3.05) is 0 Å². The summed E-state index contributed by atoms with van der Waals surface area (Å²) in [6.07, 6.45) is 0.524. The van der Waals surface area contributed by atoms with Gasteiger partial charge in [0.1, 0.15) is 5.78 Å². The number of carbonyl (C=O) groups is 3. The van der Waals surface area contributed by atoms with Crippen LogP contribution >= 0.6 is 0 Å². The highest BCUT2D eigenvalue weighted by Gasteiger charge is 2.27. The minimum Gasteiger partial charge on any atom is -0.462 e. The molecule has 22 heavy (non-hydrogen) atoms. The van der Waals surface area contributed by atoms with E-state index in [1.165, 1.54) is 6.92 Å². The number of hydrogen-bond donors (Lipinski definition) is 1. The van der Waals surface area contributed by atoms with Gasteiger partial charge in [-0.2, -0.15) is 0 Å². The molecule has 5 nitrogen and oxygen atoms in total. The van der Waals surface area contributed by atoms with Crippen LogP contribution in [0.3, 0.4) is 0 Å². The summed E-state index contributed by atoms with van der Waals surface area (Å²) in [6.45, 7) is 4.99. The van der Waals surface area contributed by atoms with E-state index in [9.17, 15) is 14.4 Å². The third-order valence-corrected chi connectivity index (χ3v) is 3.17. The summed E-state index contributed by atoms with van der Waals surface area (Å²) in [4.78, 5) is 34.6. The molecule has 6 heteroatoms. The highest BCUT2D eigenvalue weighted by Crippen LogP contribution is 2.23. The number of ether oxygens (including phenoxy) is 1. The first-order valence-electron chi connectivity index (χ1n) is 7.24. The van der Waals surface area contributed by atoms with Gasteiger partial charge in [0.15, 0.2) is 0 Å². The number of ketones is 1. The van der Waals surface area contributed by atoms with Gasteiger partial charge in [-0.25, -0.2) is 0 Å². The normalized spacial score (nSPS) is 13.3. The fourth-order valence-electron chi connectivity index (χ4n) is 2.16. The van der Waals surface area contributed by atoms with Gasteiger partial charge in [-0.15, -0.1) is 0 Å². The Hall–Kier alpha value is -1.95. The SMILES string of the molecule is CC(=O)[C@H](C[C@H](N[B]C=O)C(=O)OC(C)C)c1ccccc1. The van der Waals surface area contributed by atoms with Crippen molar-refractivity contribution in [3.8, 4) is 0 Å². The zero-order valence-corrected chi connectivity index (χ0v) is 13.1. The van der Waals surface area contributed by atoms with Crippen LogP contribution < -0.4 is 5.23 Å². The molecule has 0 aliphatic carbocycles. The molecule has 0 aliphatic heterocycles. The van der Waals surface area contributed by atoms with Gasteiger partial charge in [0.2, 0.25) is 0 Å². The van der Waals surface area contributed by atoms with Crippen molar-refractivity contribution in [1.82, 2.24) is 5.23 Å². The fourth-order valence-corrected chi connectivity index (χ4v) is 2.16. The van der Waals surface area contributed by atoms with Gasteiger partial charge in [-0.3, -0.25) is 9.59 Å². The van der Waals surface area contributed by atoms with Crippen molar-refractivity contribution in [3.63, 3.8) is 0 Å². The van der Waals surface area contributed by atoms with E-state index in [0.717, 1.165) is 13.0 Å². The van der Waals surface area contributed by atoms with E-state index >= 15 is 0 Å². The number of benzene rings is 1. The van der Waals surface area contributed by atoms with Gasteiger partial charge in [-0.1, -0.05) is 30.3 Å². The third-order valence-electron chi connectivity index (χ3n) is 3.17. The van der Waals surface area contributed by atoms with Gasteiger partial charge in [0, 0.05) is 5.92 Å². The van der Waals surface area contributed by atoms with Crippen LogP contribution in [0.1, 0.15) is 38.7 Å². The lowest BCUT2D eigenvalue weighted by Gasteiger charge is -2.22. The molecule has 0 bridgehead atoms. The van der Waals surface area contributed by atoms with Crippen molar-refractivity contribution < 1.29 is 19.1 Å². The standard InChI is InChI=1S/C16H21BNO4/c1-11(2)22-16(21)15(18-17-10-19)9-14(12(3)20)13-7-5-4-6-8-13/h4-8,10-11,14-15,18H,9H2,1-3H3/t14-,15-/m0/s1. The molecular formula is C16H21BNO4. The lowest BCUT2D eigenvalue weighted by molar-refractivity contribution is -0.149. The topological polar surface area (TPSA) is 72.5 Å².